The van der Waals surface area contributed by atoms with Crippen LogP contribution in [0.1, 0.15) is 0 Å². The van der Waals surface area contributed by atoms with Crippen molar-refractivity contribution >= 4 is 96.8 Å². The Hall–Kier alpha value is 1.44. The summed E-state index contributed by atoms with van der Waals surface area (Å²) < 4.78 is 4.64. The van der Waals surface area contributed by atoms with Crippen LogP contribution in [0.5, 0.6) is 0 Å². The van der Waals surface area contributed by atoms with Gasteiger partial charge in [0.05, 0.1) is 0 Å². The molecule has 0 atom stereocenters. The van der Waals surface area contributed by atoms with Gasteiger partial charge in [0.1, 0.15) is 0 Å². The first-order chi connectivity index (χ1) is 4.54. The summed E-state index contributed by atoms with van der Waals surface area (Å²) in [4.78, 5) is 20.1. The van der Waals surface area contributed by atoms with Crippen molar-refractivity contribution in [2.75, 3.05) is 6.61 Å². The molecule has 0 unspecified atom stereocenters. The second-order valence-electron chi connectivity index (χ2n) is 1.24. The Morgan fingerprint density at radius 2 is 1.75 bits per heavy atom. The van der Waals surface area contributed by atoms with Gasteiger partial charge in [-0.1, -0.05) is 0 Å². The van der Waals surface area contributed by atoms with E-state index >= 15 is 0 Å². The summed E-state index contributed by atoms with van der Waals surface area (Å²) in [5.41, 5.74) is 0. The third-order valence-electron chi connectivity index (χ3n) is 0.482. The van der Waals surface area contributed by atoms with Crippen LogP contribution < -0.4 is 0 Å². The number of carbonyl (C=O) groups is 2. The fourth-order valence-electron chi connectivity index (χ4n) is 0.181. The molecule has 1 amide bonds. The zero-order valence-corrected chi connectivity index (χ0v) is 6.51. The van der Waals surface area contributed by atoms with E-state index in [2.05, 4.69) is 30.4 Å². The minimum atomic E-state index is -1.23. The predicted octanol–water partition coefficient (Wildman–Crippen LogP) is -1.10. The van der Waals surface area contributed by atoms with Crippen molar-refractivity contribution in [3.63, 3.8) is 0 Å². The standard InChI is InChI=1S/C3H5NO4S2.2Na.2H/c5-2(6)1-8-3(7)4(9)10;;;;/h9-10H,1H2,(H,5,6);;;;. The number of aliphatic carboxylic acids is 1. The molecule has 5 nitrogen and oxygen atoms in total. The normalized spacial score (nSPS) is 7.17. The van der Waals surface area contributed by atoms with Crippen LogP contribution in [0.3, 0.4) is 0 Å². The van der Waals surface area contributed by atoms with Gasteiger partial charge in [-0.2, -0.15) is 3.71 Å². The fourth-order valence-corrected chi connectivity index (χ4v) is 0.297. The monoisotopic (exact) mass is 231 g/mol. The van der Waals surface area contributed by atoms with E-state index in [4.69, 9.17) is 5.11 Å². The Morgan fingerprint density at radius 1 is 1.33 bits per heavy atom. The van der Waals surface area contributed by atoms with E-state index in [1.165, 1.54) is 0 Å². The van der Waals surface area contributed by atoms with Crippen LogP contribution >= 0.6 is 25.6 Å². The van der Waals surface area contributed by atoms with Crippen LogP contribution in [-0.2, 0) is 9.53 Å². The number of ether oxygens (including phenoxy) is 1. The van der Waals surface area contributed by atoms with E-state index < -0.39 is 18.7 Å². The Balaban J connectivity index is -0.000000405. The third kappa shape index (κ3) is 11.4. The van der Waals surface area contributed by atoms with Crippen LogP contribution in [0.4, 0.5) is 4.79 Å². The summed E-state index contributed by atoms with van der Waals surface area (Å²) in [5, 5.41) is 8.00. The average Bonchev–Trinajstić information content (AvgIpc) is 1.82. The second kappa shape index (κ2) is 10.5. The van der Waals surface area contributed by atoms with Gasteiger partial charge in [-0.15, -0.1) is 0 Å². The molecule has 0 spiro atoms. The van der Waals surface area contributed by atoms with Gasteiger partial charge < -0.3 is 9.84 Å². The maximum absolute atomic E-state index is 10.3. The number of amides is 1. The van der Waals surface area contributed by atoms with Gasteiger partial charge in [0.2, 0.25) is 0 Å². The van der Waals surface area contributed by atoms with Crippen LogP contribution in [0, 0.1) is 0 Å². The number of hydrogen-bond donors (Lipinski definition) is 3. The first-order valence-corrected chi connectivity index (χ1v) is 2.90. The van der Waals surface area contributed by atoms with Gasteiger partial charge >= 0.3 is 71.2 Å². The number of carbonyl (C=O) groups excluding carboxylic acids is 1. The van der Waals surface area contributed by atoms with E-state index in [1.807, 2.05) is 0 Å². The number of thiol groups is 2. The summed E-state index contributed by atoms with van der Waals surface area (Å²) >= 11 is 6.85. The van der Waals surface area contributed by atoms with E-state index in [0.717, 1.165) is 0 Å². The number of nitrogens with zero attached hydrogens (tertiary/aromatic N) is 1. The second-order valence-corrected chi connectivity index (χ2v) is 2.35. The van der Waals surface area contributed by atoms with Crippen molar-refractivity contribution < 1.29 is 19.4 Å². The van der Waals surface area contributed by atoms with Crippen molar-refractivity contribution in [1.82, 2.24) is 3.71 Å². The van der Waals surface area contributed by atoms with Crippen molar-refractivity contribution in [3.8, 4) is 0 Å². The molecule has 0 fully saturated rings. The van der Waals surface area contributed by atoms with Crippen molar-refractivity contribution in [1.29, 1.82) is 0 Å². The topological polar surface area (TPSA) is 66.8 Å². The number of carboxylic acids is 1. The van der Waals surface area contributed by atoms with Crippen LogP contribution in [-0.4, -0.2) is 86.6 Å². The summed E-state index contributed by atoms with van der Waals surface area (Å²) in [6, 6.07) is 0. The van der Waals surface area contributed by atoms with Gasteiger partial charge in [0.25, 0.3) is 0 Å². The molecular weight excluding hydrogens is 224 g/mol. The fraction of sp³-hybridized carbons (Fsp3) is 0.333. The molecule has 0 aliphatic carbocycles. The quantitative estimate of drug-likeness (QED) is 0.417. The van der Waals surface area contributed by atoms with Crippen LogP contribution in [0.2, 0.25) is 0 Å². The molecular formula is C3H7NNa2O4S2. The molecule has 9 heteroatoms. The Bertz CT molecular complexity index is 155. The first-order valence-electron chi connectivity index (χ1n) is 2.10. The van der Waals surface area contributed by atoms with Gasteiger partial charge in [0.15, 0.2) is 6.61 Å². The minimum absolute atomic E-state index is 0. The van der Waals surface area contributed by atoms with Gasteiger partial charge in [-0.3, -0.25) is 0 Å². The summed E-state index contributed by atoms with van der Waals surface area (Å²) in [5.74, 6) is -1.23. The number of rotatable bonds is 2. The zero-order valence-electron chi connectivity index (χ0n) is 4.72. The molecule has 0 rings (SSSR count). The van der Waals surface area contributed by atoms with Crippen molar-refractivity contribution in [2.45, 2.75) is 0 Å². The van der Waals surface area contributed by atoms with Gasteiger partial charge in [-0.25, -0.2) is 9.59 Å². The maximum atomic E-state index is 10.3. The number of carboxylic acid groups (broad SMARTS) is 1. The average molecular weight is 231 g/mol. The third-order valence-corrected chi connectivity index (χ3v) is 0.809. The molecule has 0 bridgehead atoms. The van der Waals surface area contributed by atoms with Crippen LogP contribution in [0.15, 0.2) is 0 Å². The van der Waals surface area contributed by atoms with Crippen LogP contribution in [0.25, 0.3) is 0 Å². The Kier molecular flexibility index (Phi) is 16.7. The van der Waals surface area contributed by atoms with E-state index in [1.54, 1.807) is 0 Å². The molecule has 12 heavy (non-hydrogen) atoms. The van der Waals surface area contributed by atoms with E-state index in [0.29, 0.717) is 3.71 Å². The molecule has 0 saturated carbocycles. The summed E-state index contributed by atoms with van der Waals surface area (Å²) in [7, 11) is 0. The molecule has 0 heterocycles. The molecule has 62 valence electrons. The molecule has 0 aliphatic heterocycles. The molecule has 0 aromatic heterocycles. The number of hydrogen-bond acceptors (Lipinski definition) is 5. The predicted molar refractivity (Wildman–Crippen MR) is 53.1 cm³/mol. The first kappa shape index (κ1) is 19.1. The zero-order chi connectivity index (χ0) is 8.15. The Labute approximate surface area is 125 Å². The summed E-state index contributed by atoms with van der Waals surface area (Å²) in [6.07, 6.45) is -0.922. The van der Waals surface area contributed by atoms with Gasteiger partial charge in [0, 0.05) is 0 Å². The Morgan fingerprint density at radius 3 is 2.00 bits per heavy atom. The molecule has 1 N–H and O–H groups in total. The molecule has 0 aromatic carbocycles. The molecule has 0 radical (unpaired) electrons. The molecule has 0 aromatic rings. The SMILES string of the molecule is O=C(O)COC(=O)N(S)S.[NaH].[NaH]. The molecule has 0 saturated heterocycles. The van der Waals surface area contributed by atoms with E-state index in [-0.39, 0.29) is 59.1 Å². The summed E-state index contributed by atoms with van der Waals surface area (Å²) in [6.45, 7) is -0.684. The van der Waals surface area contributed by atoms with Crippen molar-refractivity contribution in [3.05, 3.63) is 0 Å². The van der Waals surface area contributed by atoms with Gasteiger partial charge in [-0.05, 0) is 25.6 Å². The van der Waals surface area contributed by atoms with E-state index in [9.17, 15) is 9.59 Å². The van der Waals surface area contributed by atoms with Crippen molar-refractivity contribution in [2.24, 2.45) is 0 Å². The molecule has 0 aliphatic rings.